The van der Waals surface area contributed by atoms with E-state index in [-0.39, 0.29) is 10.6 Å². The van der Waals surface area contributed by atoms with Gasteiger partial charge in [0.1, 0.15) is 0 Å². The molecule has 0 saturated heterocycles. The first-order chi connectivity index (χ1) is 15.4. The number of rotatable bonds is 6. The molecule has 0 unspecified atom stereocenters. The van der Waals surface area contributed by atoms with Crippen molar-refractivity contribution in [3.05, 3.63) is 101 Å². The molecule has 7 heteroatoms. The molecule has 1 aromatic heterocycles. The number of carbonyl (C=O) groups excluding carboxylic acids is 1. The van der Waals surface area contributed by atoms with Gasteiger partial charge >= 0.3 is 6.03 Å². The number of benzene rings is 3. The molecule has 2 N–H and O–H groups in total. The predicted molar refractivity (Wildman–Crippen MR) is 131 cm³/mol. The second kappa shape index (κ2) is 9.38. The second-order valence-corrected chi connectivity index (χ2v) is 10.2. The predicted octanol–water partition coefficient (Wildman–Crippen LogP) is 6.34. The van der Waals surface area contributed by atoms with Crippen LogP contribution in [0.2, 0.25) is 0 Å². The number of thiophene rings is 1. The number of carbonyl (C=O) groups is 1. The average Bonchev–Trinajstić information content (AvgIpc) is 3.29. The number of hydrogen-bond acceptors (Lipinski definition) is 4. The van der Waals surface area contributed by atoms with E-state index >= 15 is 0 Å². The van der Waals surface area contributed by atoms with Crippen LogP contribution < -0.4 is 10.6 Å². The molecule has 0 atom stereocenters. The van der Waals surface area contributed by atoms with Gasteiger partial charge in [-0.25, -0.2) is 13.2 Å². The zero-order valence-electron chi connectivity index (χ0n) is 17.4. The smallest absolute Gasteiger partial charge is 0.308 e. The SMILES string of the molecule is Cc1cccc(NC(=O)Nc2cc(S(=O)(=O)Cc3ccccc3)ccc2-c2ccsc2)c1. The van der Waals surface area contributed by atoms with Crippen molar-refractivity contribution in [2.24, 2.45) is 0 Å². The number of anilines is 2. The van der Waals surface area contributed by atoms with Crippen LogP contribution in [0.5, 0.6) is 0 Å². The van der Waals surface area contributed by atoms with E-state index in [0.717, 1.165) is 16.7 Å². The molecule has 5 nitrogen and oxygen atoms in total. The Balaban J connectivity index is 1.65. The van der Waals surface area contributed by atoms with Gasteiger partial charge in [-0.15, -0.1) is 0 Å². The largest absolute Gasteiger partial charge is 0.323 e. The molecule has 0 aliphatic heterocycles. The van der Waals surface area contributed by atoms with E-state index in [0.29, 0.717) is 16.9 Å². The van der Waals surface area contributed by atoms with Gasteiger partial charge in [-0.3, -0.25) is 0 Å². The molecule has 162 valence electrons. The maximum absolute atomic E-state index is 13.0. The molecule has 0 saturated carbocycles. The summed E-state index contributed by atoms with van der Waals surface area (Å²) in [4.78, 5) is 12.9. The molecule has 4 aromatic rings. The molecule has 0 aliphatic rings. The Kier molecular flexibility index (Phi) is 6.39. The molecule has 2 amide bonds. The standard InChI is InChI=1S/C25H22N2O3S2/c1-18-6-5-9-21(14-18)26-25(28)27-24-15-22(10-11-23(24)20-12-13-31-16-20)32(29,30)17-19-7-3-2-4-8-19/h2-16H,17H2,1H3,(H2,26,27,28). The normalized spacial score (nSPS) is 11.2. The molecule has 3 aromatic carbocycles. The lowest BCUT2D eigenvalue weighted by atomic mass is 10.1. The Labute approximate surface area is 191 Å². The Morgan fingerprint density at radius 1 is 0.906 bits per heavy atom. The van der Waals surface area contributed by atoms with E-state index in [4.69, 9.17) is 0 Å². The quantitative estimate of drug-likeness (QED) is 0.351. The van der Waals surface area contributed by atoms with Crippen LogP contribution >= 0.6 is 11.3 Å². The Bertz CT molecular complexity index is 1330. The summed E-state index contributed by atoms with van der Waals surface area (Å²) >= 11 is 1.53. The summed E-state index contributed by atoms with van der Waals surface area (Å²) in [5.41, 5.74) is 4.49. The summed E-state index contributed by atoms with van der Waals surface area (Å²) < 4.78 is 26.1. The van der Waals surface area contributed by atoms with Crippen molar-refractivity contribution in [1.82, 2.24) is 0 Å². The van der Waals surface area contributed by atoms with Crippen molar-refractivity contribution < 1.29 is 13.2 Å². The summed E-state index contributed by atoms with van der Waals surface area (Å²) in [5.74, 6) is -0.111. The number of aryl methyl sites for hydroxylation is 1. The molecule has 0 fully saturated rings. The summed E-state index contributed by atoms with van der Waals surface area (Å²) in [6.07, 6.45) is 0. The highest BCUT2D eigenvalue weighted by Gasteiger charge is 2.19. The minimum atomic E-state index is -3.59. The van der Waals surface area contributed by atoms with Crippen LogP contribution in [0.15, 0.2) is 94.5 Å². The summed E-state index contributed by atoms with van der Waals surface area (Å²) in [7, 11) is -3.59. The van der Waals surface area contributed by atoms with E-state index in [1.165, 1.54) is 17.4 Å². The Morgan fingerprint density at radius 3 is 2.44 bits per heavy atom. The molecule has 4 rings (SSSR count). The minimum absolute atomic E-state index is 0.111. The van der Waals surface area contributed by atoms with Gasteiger partial charge in [0.25, 0.3) is 0 Å². The van der Waals surface area contributed by atoms with Gasteiger partial charge in [0, 0.05) is 11.3 Å². The minimum Gasteiger partial charge on any atom is -0.308 e. The first-order valence-electron chi connectivity index (χ1n) is 9.99. The number of amides is 2. The molecule has 0 aliphatic carbocycles. The van der Waals surface area contributed by atoms with Gasteiger partial charge in [0.2, 0.25) is 0 Å². The third-order valence-corrected chi connectivity index (χ3v) is 7.27. The van der Waals surface area contributed by atoms with E-state index in [1.54, 1.807) is 30.3 Å². The molecule has 0 spiro atoms. The molecule has 1 heterocycles. The van der Waals surface area contributed by atoms with E-state index in [2.05, 4.69) is 10.6 Å². The highest BCUT2D eigenvalue weighted by atomic mass is 32.2. The van der Waals surface area contributed by atoms with Crippen LogP contribution in [-0.4, -0.2) is 14.4 Å². The number of sulfone groups is 1. The van der Waals surface area contributed by atoms with Gasteiger partial charge in [-0.2, -0.15) is 11.3 Å². The Morgan fingerprint density at radius 2 is 1.72 bits per heavy atom. The van der Waals surface area contributed by atoms with Gasteiger partial charge in [-0.05, 0) is 64.7 Å². The van der Waals surface area contributed by atoms with E-state index in [1.807, 2.05) is 60.1 Å². The zero-order chi connectivity index (χ0) is 22.6. The first-order valence-corrected chi connectivity index (χ1v) is 12.6. The maximum Gasteiger partial charge on any atom is 0.323 e. The van der Waals surface area contributed by atoms with E-state index in [9.17, 15) is 13.2 Å². The fraction of sp³-hybridized carbons (Fsp3) is 0.0800. The molecule has 0 radical (unpaired) electrons. The van der Waals surface area contributed by atoms with Crippen LogP contribution in [0.3, 0.4) is 0 Å². The van der Waals surface area contributed by atoms with Gasteiger partial charge < -0.3 is 10.6 Å². The molecular weight excluding hydrogens is 440 g/mol. The highest BCUT2D eigenvalue weighted by molar-refractivity contribution is 7.90. The lowest BCUT2D eigenvalue weighted by Crippen LogP contribution is -2.20. The third-order valence-electron chi connectivity index (χ3n) is 4.91. The van der Waals surface area contributed by atoms with Crippen molar-refractivity contribution >= 4 is 38.6 Å². The van der Waals surface area contributed by atoms with Crippen molar-refractivity contribution in [3.8, 4) is 11.1 Å². The number of hydrogen-bond donors (Lipinski definition) is 2. The van der Waals surface area contributed by atoms with Crippen LogP contribution in [0.25, 0.3) is 11.1 Å². The monoisotopic (exact) mass is 462 g/mol. The fourth-order valence-electron chi connectivity index (χ4n) is 3.37. The van der Waals surface area contributed by atoms with E-state index < -0.39 is 15.9 Å². The lowest BCUT2D eigenvalue weighted by Gasteiger charge is -2.14. The topological polar surface area (TPSA) is 75.3 Å². The van der Waals surface area contributed by atoms with Gasteiger partial charge in [-0.1, -0.05) is 48.5 Å². The van der Waals surface area contributed by atoms with Gasteiger partial charge in [0.05, 0.1) is 16.3 Å². The van der Waals surface area contributed by atoms with Crippen LogP contribution in [0.4, 0.5) is 16.2 Å². The maximum atomic E-state index is 13.0. The van der Waals surface area contributed by atoms with Crippen molar-refractivity contribution in [2.75, 3.05) is 10.6 Å². The van der Waals surface area contributed by atoms with Crippen LogP contribution in [0, 0.1) is 6.92 Å². The Hall–Kier alpha value is -3.42. The van der Waals surface area contributed by atoms with Gasteiger partial charge in [0.15, 0.2) is 9.84 Å². The summed E-state index contributed by atoms with van der Waals surface area (Å²) in [6, 6.07) is 22.9. The average molecular weight is 463 g/mol. The summed E-state index contributed by atoms with van der Waals surface area (Å²) in [6.45, 7) is 1.94. The molecular formula is C25H22N2O3S2. The molecule has 32 heavy (non-hydrogen) atoms. The molecule has 0 bridgehead atoms. The third kappa shape index (κ3) is 5.25. The number of nitrogens with one attached hydrogen (secondary N) is 2. The highest BCUT2D eigenvalue weighted by Crippen LogP contribution is 2.33. The van der Waals surface area contributed by atoms with Crippen molar-refractivity contribution in [1.29, 1.82) is 0 Å². The van der Waals surface area contributed by atoms with Crippen LogP contribution in [0.1, 0.15) is 11.1 Å². The van der Waals surface area contributed by atoms with Crippen molar-refractivity contribution in [3.63, 3.8) is 0 Å². The second-order valence-electron chi connectivity index (χ2n) is 7.41. The first kappa shape index (κ1) is 21.8. The number of urea groups is 1. The zero-order valence-corrected chi connectivity index (χ0v) is 19.0. The van der Waals surface area contributed by atoms with Crippen molar-refractivity contribution in [2.45, 2.75) is 17.6 Å². The summed E-state index contributed by atoms with van der Waals surface area (Å²) in [5, 5.41) is 9.53. The van der Waals surface area contributed by atoms with Crippen LogP contribution in [-0.2, 0) is 15.6 Å². The lowest BCUT2D eigenvalue weighted by molar-refractivity contribution is 0.262. The fourth-order valence-corrected chi connectivity index (χ4v) is 5.40.